The van der Waals surface area contributed by atoms with E-state index in [2.05, 4.69) is 15.3 Å². The normalized spacial score (nSPS) is 17.1. The van der Waals surface area contributed by atoms with Crippen LogP contribution in [0, 0.1) is 0 Å². The molecular formula is C10H16N4O. The Kier molecular flexibility index (Phi) is 3.34. The second-order valence-electron chi connectivity index (χ2n) is 3.74. The fraction of sp³-hybridized carbons (Fsp3) is 0.600. The van der Waals surface area contributed by atoms with Crippen LogP contribution in [0.3, 0.4) is 0 Å². The molecule has 1 amide bonds. The van der Waals surface area contributed by atoms with Gasteiger partial charge in [0.2, 0.25) is 5.91 Å². The van der Waals surface area contributed by atoms with E-state index in [1.165, 1.54) is 0 Å². The van der Waals surface area contributed by atoms with Crippen LogP contribution in [0.4, 0.5) is 0 Å². The summed E-state index contributed by atoms with van der Waals surface area (Å²) >= 11 is 0. The molecule has 1 saturated heterocycles. The number of aryl methyl sites for hydroxylation is 1. The number of aromatic nitrogens is 2. The van der Waals surface area contributed by atoms with Crippen LogP contribution in [0.15, 0.2) is 12.5 Å². The first-order valence-corrected chi connectivity index (χ1v) is 5.32. The van der Waals surface area contributed by atoms with Crippen LogP contribution < -0.4 is 5.32 Å². The van der Waals surface area contributed by atoms with Gasteiger partial charge in [-0.25, -0.2) is 4.98 Å². The first-order valence-electron chi connectivity index (χ1n) is 5.32. The van der Waals surface area contributed by atoms with Gasteiger partial charge < -0.3 is 15.2 Å². The van der Waals surface area contributed by atoms with Crippen LogP contribution in [-0.2, 0) is 11.2 Å². The van der Waals surface area contributed by atoms with Crippen molar-refractivity contribution in [1.82, 2.24) is 20.2 Å². The molecule has 0 atom stereocenters. The number of nitrogens with one attached hydrogen (secondary N) is 2. The maximum absolute atomic E-state index is 11.4. The molecule has 5 heteroatoms. The fourth-order valence-corrected chi connectivity index (χ4v) is 1.76. The van der Waals surface area contributed by atoms with E-state index in [0.29, 0.717) is 6.54 Å². The predicted octanol–water partition coefficient (Wildman–Crippen LogP) is -0.226. The number of piperazine rings is 1. The summed E-state index contributed by atoms with van der Waals surface area (Å²) in [7, 11) is 0. The topological polar surface area (TPSA) is 61.0 Å². The van der Waals surface area contributed by atoms with Gasteiger partial charge >= 0.3 is 0 Å². The van der Waals surface area contributed by atoms with Gasteiger partial charge in [0.05, 0.1) is 12.9 Å². The van der Waals surface area contributed by atoms with Crippen LogP contribution in [-0.4, -0.2) is 47.0 Å². The van der Waals surface area contributed by atoms with Gasteiger partial charge in [-0.3, -0.25) is 4.79 Å². The molecule has 2 N–H and O–H groups in total. The Balaban J connectivity index is 1.71. The van der Waals surface area contributed by atoms with Crippen molar-refractivity contribution in [2.75, 3.05) is 26.2 Å². The third-order valence-corrected chi connectivity index (χ3v) is 2.62. The quantitative estimate of drug-likeness (QED) is 0.718. The van der Waals surface area contributed by atoms with Gasteiger partial charge in [-0.15, -0.1) is 0 Å². The first kappa shape index (κ1) is 10.2. The number of hydrogen-bond acceptors (Lipinski definition) is 3. The predicted molar refractivity (Wildman–Crippen MR) is 56.4 cm³/mol. The molecule has 0 aliphatic carbocycles. The second-order valence-corrected chi connectivity index (χ2v) is 3.74. The van der Waals surface area contributed by atoms with Crippen LogP contribution in [0.2, 0.25) is 0 Å². The number of H-pyrrole nitrogens is 1. The van der Waals surface area contributed by atoms with Gasteiger partial charge in [0, 0.05) is 31.5 Å². The first-order chi connectivity index (χ1) is 7.36. The van der Waals surface area contributed by atoms with E-state index in [1.807, 2.05) is 11.1 Å². The third kappa shape index (κ3) is 2.79. The molecule has 1 aliphatic heterocycles. The smallest absolute Gasteiger partial charge is 0.236 e. The highest BCUT2D eigenvalue weighted by molar-refractivity contribution is 5.78. The van der Waals surface area contributed by atoms with Crippen molar-refractivity contribution in [3.63, 3.8) is 0 Å². The van der Waals surface area contributed by atoms with Crippen molar-refractivity contribution < 1.29 is 4.79 Å². The molecule has 0 spiro atoms. The number of aromatic amines is 1. The van der Waals surface area contributed by atoms with E-state index >= 15 is 0 Å². The lowest BCUT2D eigenvalue weighted by atomic mass is 10.2. The number of rotatable bonds is 4. The summed E-state index contributed by atoms with van der Waals surface area (Å²) in [5.41, 5.74) is 1.14. The van der Waals surface area contributed by atoms with Crippen LogP contribution in [0.5, 0.6) is 0 Å². The summed E-state index contributed by atoms with van der Waals surface area (Å²) in [6.07, 6.45) is 5.47. The van der Waals surface area contributed by atoms with E-state index in [0.717, 1.165) is 38.2 Å². The highest BCUT2D eigenvalue weighted by Gasteiger charge is 2.16. The highest BCUT2D eigenvalue weighted by Crippen LogP contribution is 2.01. The summed E-state index contributed by atoms with van der Waals surface area (Å²) in [5.74, 6) is 0.214. The Morgan fingerprint density at radius 3 is 3.20 bits per heavy atom. The number of amides is 1. The molecule has 2 rings (SSSR count). The number of hydrogen-bond donors (Lipinski definition) is 2. The Morgan fingerprint density at radius 2 is 2.47 bits per heavy atom. The molecule has 82 valence electrons. The monoisotopic (exact) mass is 208 g/mol. The van der Waals surface area contributed by atoms with E-state index < -0.39 is 0 Å². The molecule has 1 aromatic heterocycles. The largest absolute Gasteiger partial charge is 0.348 e. The molecule has 2 heterocycles. The SMILES string of the molecule is O=C1CNCCN1CCCc1cnc[nH]1. The molecule has 15 heavy (non-hydrogen) atoms. The number of carbonyl (C=O) groups is 1. The molecule has 0 radical (unpaired) electrons. The molecule has 1 fully saturated rings. The van der Waals surface area contributed by atoms with Crippen molar-refractivity contribution in [2.24, 2.45) is 0 Å². The van der Waals surface area contributed by atoms with E-state index in [1.54, 1.807) is 6.33 Å². The molecular weight excluding hydrogens is 192 g/mol. The Bertz CT molecular complexity index is 309. The summed E-state index contributed by atoms with van der Waals surface area (Å²) in [6.45, 7) is 3.08. The van der Waals surface area contributed by atoms with Crippen molar-refractivity contribution >= 4 is 5.91 Å². The molecule has 0 bridgehead atoms. The Morgan fingerprint density at radius 1 is 1.53 bits per heavy atom. The minimum Gasteiger partial charge on any atom is -0.348 e. The summed E-state index contributed by atoms with van der Waals surface area (Å²) in [6, 6.07) is 0. The van der Waals surface area contributed by atoms with Gasteiger partial charge in [0.25, 0.3) is 0 Å². The number of carbonyl (C=O) groups excluding carboxylic acids is 1. The molecule has 5 nitrogen and oxygen atoms in total. The molecule has 0 aromatic carbocycles. The van der Waals surface area contributed by atoms with Gasteiger partial charge in [-0.05, 0) is 12.8 Å². The summed E-state index contributed by atoms with van der Waals surface area (Å²) in [5, 5.41) is 3.06. The zero-order valence-electron chi connectivity index (χ0n) is 8.70. The summed E-state index contributed by atoms with van der Waals surface area (Å²) < 4.78 is 0. The Labute approximate surface area is 88.9 Å². The minimum atomic E-state index is 0.214. The van der Waals surface area contributed by atoms with Gasteiger partial charge in [0.15, 0.2) is 0 Å². The second kappa shape index (κ2) is 4.93. The molecule has 1 aromatic rings. The average molecular weight is 208 g/mol. The standard InChI is InChI=1S/C10H16N4O/c15-10-7-11-3-5-14(10)4-1-2-9-6-12-8-13-9/h6,8,11H,1-5,7H2,(H,12,13). The van der Waals surface area contributed by atoms with Crippen molar-refractivity contribution in [3.05, 3.63) is 18.2 Å². The van der Waals surface area contributed by atoms with Crippen molar-refractivity contribution in [2.45, 2.75) is 12.8 Å². The molecule has 1 aliphatic rings. The van der Waals surface area contributed by atoms with Crippen molar-refractivity contribution in [1.29, 1.82) is 0 Å². The van der Waals surface area contributed by atoms with Crippen LogP contribution >= 0.6 is 0 Å². The number of nitrogens with zero attached hydrogens (tertiary/aromatic N) is 2. The maximum Gasteiger partial charge on any atom is 0.236 e. The summed E-state index contributed by atoms with van der Waals surface area (Å²) in [4.78, 5) is 20.4. The Hall–Kier alpha value is -1.36. The number of imidazole rings is 1. The highest BCUT2D eigenvalue weighted by atomic mass is 16.2. The van der Waals surface area contributed by atoms with Gasteiger partial charge in [0.1, 0.15) is 0 Å². The lowest BCUT2D eigenvalue weighted by Crippen LogP contribution is -2.48. The van der Waals surface area contributed by atoms with Gasteiger partial charge in [-0.2, -0.15) is 0 Å². The van der Waals surface area contributed by atoms with Gasteiger partial charge in [-0.1, -0.05) is 0 Å². The van der Waals surface area contributed by atoms with Crippen LogP contribution in [0.1, 0.15) is 12.1 Å². The van der Waals surface area contributed by atoms with Crippen LogP contribution in [0.25, 0.3) is 0 Å². The molecule has 0 unspecified atom stereocenters. The molecule has 0 saturated carbocycles. The lowest BCUT2D eigenvalue weighted by Gasteiger charge is -2.27. The van der Waals surface area contributed by atoms with E-state index in [9.17, 15) is 4.79 Å². The maximum atomic E-state index is 11.4. The third-order valence-electron chi connectivity index (χ3n) is 2.62. The minimum absolute atomic E-state index is 0.214. The lowest BCUT2D eigenvalue weighted by molar-refractivity contribution is -0.131. The van der Waals surface area contributed by atoms with E-state index in [4.69, 9.17) is 0 Å². The van der Waals surface area contributed by atoms with Crippen molar-refractivity contribution in [3.8, 4) is 0 Å². The zero-order valence-corrected chi connectivity index (χ0v) is 8.70. The average Bonchev–Trinajstić information content (AvgIpc) is 2.74. The van der Waals surface area contributed by atoms with E-state index in [-0.39, 0.29) is 5.91 Å². The zero-order chi connectivity index (χ0) is 10.5. The fourth-order valence-electron chi connectivity index (χ4n) is 1.76.